The van der Waals surface area contributed by atoms with Crippen LogP contribution in [0.15, 0.2) is 42.7 Å². The van der Waals surface area contributed by atoms with Crippen LogP contribution in [0.3, 0.4) is 0 Å². The van der Waals surface area contributed by atoms with Gasteiger partial charge in [0.05, 0.1) is 5.02 Å². The molecule has 2 aromatic rings. The van der Waals surface area contributed by atoms with Crippen molar-refractivity contribution in [3.05, 3.63) is 58.9 Å². The summed E-state index contributed by atoms with van der Waals surface area (Å²) in [5.74, 6) is 0.493. The second-order valence-electron chi connectivity index (χ2n) is 3.61. The highest BCUT2D eigenvalue weighted by molar-refractivity contribution is 6.31. The Hall–Kier alpha value is -1.25. The Morgan fingerprint density at radius 1 is 1.12 bits per heavy atom. The van der Waals surface area contributed by atoms with Gasteiger partial charge in [0.25, 0.3) is 0 Å². The Morgan fingerprint density at radius 3 is 2.71 bits per heavy atom. The van der Waals surface area contributed by atoms with Crippen molar-refractivity contribution in [1.29, 1.82) is 0 Å². The molecule has 1 N–H and O–H groups in total. The van der Waals surface area contributed by atoms with Crippen LogP contribution < -0.4 is 5.32 Å². The fourth-order valence-corrected chi connectivity index (χ4v) is 1.97. The van der Waals surface area contributed by atoms with Crippen LogP contribution in [0.5, 0.6) is 0 Å². The van der Waals surface area contributed by atoms with Gasteiger partial charge in [0.1, 0.15) is 0 Å². The zero-order valence-electron chi connectivity index (χ0n) is 9.16. The lowest BCUT2D eigenvalue weighted by Crippen LogP contribution is -2.02. The molecule has 0 radical (unpaired) electrons. The maximum absolute atomic E-state index is 6.04. The largest absolute Gasteiger partial charge is 0.381 e. The first-order chi connectivity index (χ1) is 8.31. The van der Waals surface area contributed by atoms with E-state index in [9.17, 15) is 0 Å². The lowest BCUT2D eigenvalue weighted by molar-refractivity contribution is 1.12. The second-order valence-corrected chi connectivity index (χ2v) is 4.29. The molecule has 1 heterocycles. The van der Waals surface area contributed by atoms with Crippen molar-refractivity contribution in [2.75, 3.05) is 5.32 Å². The topological polar surface area (TPSA) is 24.9 Å². The second kappa shape index (κ2) is 5.89. The molecule has 1 aromatic heterocycles. The molecular weight excluding hydrogens is 255 g/mol. The number of rotatable bonds is 4. The summed E-state index contributed by atoms with van der Waals surface area (Å²) in [6, 6.07) is 9.86. The zero-order valence-corrected chi connectivity index (χ0v) is 10.7. The molecule has 88 valence electrons. The van der Waals surface area contributed by atoms with Crippen LogP contribution in [-0.2, 0) is 12.4 Å². The number of alkyl halides is 1. The summed E-state index contributed by atoms with van der Waals surface area (Å²) in [5, 5.41) is 3.99. The van der Waals surface area contributed by atoms with E-state index in [-0.39, 0.29) is 0 Å². The van der Waals surface area contributed by atoms with Gasteiger partial charge in [-0.2, -0.15) is 0 Å². The number of halogens is 2. The van der Waals surface area contributed by atoms with Gasteiger partial charge in [0, 0.05) is 30.5 Å². The van der Waals surface area contributed by atoms with Crippen molar-refractivity contribution in [2.24, 2.45) is 0 Å². The van der Waals surface area contributed by atoms with Gasteiger partial charge in [-0.1, -0.05) is 29.8 Å². The number of nitrogens with zero attached hydrogens (tertiary/aromatic N) is 1. The van der Waals surface area contributed by atoms with Crippen LogP contribution in [0, 0.1) is 0 Å². The smallest absolute Gasteiger partial charge is 0.0639 e. The van der Waals surface area contributed by atoms with Crippen LogP contribution in [0.4, 0.5) is 5.69 Å². The van der Waals surface area contributed by atoms with Gasteiger partial charge < -0.3 is 5.32 Å². The Morgan fingerprint density at radius 2 is 1.94 bits per heavy atom. The lowest BCUT2D eigenvalue weighted by Gasteiger charge is -2.10. The van der Waals surface area contributed by atoms with E-state index in [0.717, 1.165) is 16.8 Å². The number of aromatic nitrogens is 1. The molecule has 0 bridgehead atoms. The summed E-state index contributed by atoms with van der Waals surface area (Å²) in [5.41, 5.74) is 3.14. The monoisotopic (exact) mass is 266 g/mol. The molecule has 0 aliphatic rings. The Labute approximate surface area is 111 Å². The first kappa shape index (κ1) is 12.2. The number of hydrogen-bond acceptors (Lipinski definition) is 2. The molecule has 0 saturated heterocycles. The third-order valence-corrected chi connectivity index (χ3v) is 3.12. The van der Waals surface area contributed by atoms with Crippen molar-refractivity contribution in [3.63, 3.8) is 0 Å². The van der Waals surface area contributed by atoms with Crippen LogP contribution in [0.25, 0.3) is 0 Å². The average molecular weight is 267 g/mol. The van der Waals surface area contributed by atoms with Gasteiger partial charge in [-0.15, -0.1) is 11.6 Å². The SMILES string of the molecule is ClCc1ccccc1NCc1ccncc1Cl. The van der Waals surface area contributed by atoms with Gasteiger partial charge >= 0.3 is 0 Å². The summed E-state index contributed by atoms with van der Waals surface area (Å²) in [6.45, 7) is 0.662. The van der Waals surface area contributed by atoms with E-state index >= 15 is 0 Å². The summed E-state index contributed by atoms with van der Waals surface area (Å²) >= 11 is 11.9. The van der Waals surface area contributed by atoms with Crippen LogP contribution >= 0.6 is 23.2 Å². The first-order valence-corrected chi connectivity index (χ1v) is 6.18. The van der Waals surface area contributed by atoms with Crippen LogP contribution in [0.1, 0.15) is 11.1 Å². The quantitative estimate of drug-likeness (QED) is 0.844. The molecule has 2 nitrogen and oxygen atoms in total. The molecule has 4 heteroatoms. The number of anilines is 1. The summed E-state index contributed by atoms with van der Waals surface area (Å²) < 4.78 is 0. The number of pyridine rings is 1. The minimum Gasteiger partial charge on any atom is -0.381 e. The van der Waals surface area contributed by atoms with Crippen LogP contribution in [0.2, 0.25) is 5.02 Å². The maximum Gasteiger partial charge on any atom is 0.0639 e. The molecule has 2 rings (SSSR count). The fourth-order valence-electron chi connectivity index (χ4n) is 1.55. The molecular formula is C13H12Cl2N2. The van der Waals surface area contributed by atoms with Crippen molar-refractivity contribution < 1.29 is 0 Å². The molecule has 0 atom stereocenters. The van der Waals surface area contributed by atoms with Crippen molar-refractivity contribution in [1.82, 2.24) is 4.98 Å². The highest BCUT2D eigenvalue weighted by Crippen LogP contribution is 2.20. The predicted molar refractivity (Wildman–Crippen MR) is 72.6 cm³/mol. The van der Waals surface area contributed by atoms with E-state index in [1.165, 1.54) is 0 Å². The predicted octanol–water partition coefficient (Wildman–Crippen LogP) is 4.09. The van der Waals surface area contributed by atoms with E-state index < -0.39 is 0 Å². The fraction of sp³-hybridized carbons (Fsp3) is 0.154. The van der Waals surface area contributed by atoms with E-state index in [1.807, 2.05) is 30.3 Å². The molecule has 0 spiro atoms. The number of hydrogen-bond donors (Lipinski definition) is 1. The molecule has 1 aromatic carbocycles. The summed E-state index contributed by atoms with van der Waals surface area (Å²) in [6.07, 6.45) is 3.38. The van der Waals surface area contributed by atoms with E-state index in [0.29, 0.717) is 17.4 Å². The molecule has 17 heavy (non-hydrogen) atoms. The summed E-state index contributed by atoms with van der Waals surface area (Å²) in [7, 11) is 0. The van der Waals surface area contributed by atoms with Crippen molar-refractivity contribution in [3.8, 4) is 0 Å². The molecule has 0 aliphatic heterocycles. The maximum atomic E-state index is 6.04. The van der Waals surface area contributed by atoms with Crippen LogP contribution in [-0.4, -0.2) is 4.98 Å². The van der Waals surface area contributed by atoms with Gasteiger partial charge in [-0.3, -0.25) is 4.98 Å². The first-order valence-electron chi connectivity index (χ1n) is 5.27. The molecule has 0 unspecified atom stereocenters. The average Bonchev–Trinajstić information content (AvgIpc) is 2.38. The van der Waals surface area contributed by atoms with Gasteiger partial charge in [-0.25, -0.2) is 0 Å². The summed E-state index contributed by atoms with van der Waals surface area (Å²) in [4.78, 5) is 3.95. The third-order valence-electron chi connectivity index (χ3n) is 2.49. The van der Waals surface area contributed by atoms with E-state index in [1.54, 1.807) is 12.4 Å². The zero-order chi connectivity index (χ0) is 12.1. The third kappa shape index (κ3) is 3.11. The lowest BCUT2D eigenvalue weighted by atomic mass is 10.2. The highest BCUT2D eigenvalue weighted by Gasteiger charge is 2.02. The Kier molecular flexibility index (Phi) is 4.24. The number of nitrogens with one attached hydrogen (secondary N) is 1. The van der Waals surface area contributed by atoms with E-state index in [2.05, 4.69) is 10.3 Å². The molecule has 0 amide bonds. The van der Waals surface area contributed by atoms with Crippen molar-refractivity contribution in [2.45, 2.75) is 12.4 Å². The molecule has 0 fully saturated rings. The number of para-hydroxylation sites is 1. The van der Waals surface area contributed by atoms with Crippen molar-refractivity contribution >= 4 is 28.9 Å². The highest BCUT2D eigenvalue weighted by atomic mass is 35.5. The Bertz CT molecular complexity index is 500. The molecule has 0 aliphatic carbocycles. The van der Waals surface area contributed by atoms with Gasteiger partial charge in [0.2, 0.25) is 0 Å². The standard InChI is InChI=1S/C13H12Cl2N2/c14-7-10-3-1-2-4-13(10)17-8-11-5-6-16-9-12(11)15/h1-6,9,17H,7-8H2. The number of benzene rings is 1. The minimum atomic E-state index is 0.493. The van der Waals surface area contributed by atoms with Gasteiger partial charge in [0.15, 0.2) is 0 Å². The van der Waals surface area contributed by atoms with Gasteiger partial charge in [-0.05, 0) is 23.3 Å². The molecule has 0 saturated carbocycles. The Balaban J connectivity index is 2.10. The normalized spacial score (nSPS) is 10.2. The minimum absolute atomic E-state index is 0.493. The van der Waals surface area contributed by atoms with E-state index in [4.69, 9.17) is 23.2 Å².